The molecule has 2 fully saturated rings. The Labute approximate surface area is 116 Å². The molecule has 7 nitrogen and oxygen atoms in total. The maximum atomic E-state index is 12.1. The molecular formula is C13H18N4O3. The molecule has 3 rings (SSSR count). The number of nitrogens with zero attached hydrogens (tertiary/aromatic N) is 3. The zero-order valence-corrected chi connectivity index (χ0v) is 11.6. The van der Waals surface area contributed by atoms with Crippen molar-refractivity contribution in [2.24, 2.45) is 5.41 Å². The van der Waals surface area contributed by atoms with Crippen LogP contribution in [0.25, 0.3) is 0 Å². The molecule has 0 bridgehead atoms. The summed E-state index contributed by atoms with van der Waals surface area (Å²) < 4.78 is 1.67. The second kappa shape index (κ2) is 4.04. The molecule has 108 valence electrons. The lowest BCUT2D eigenvalue weighted by atomic mass is 9.59. The molecule has 0 aromatic carbocycles. The number of hydrogen-bond acceptors (Lipinski definition) is 4. The summed E-state index contributed by atoms with van der Waals surface area (Å²) in [7, 11) is 0. The summed E-state index contributed by atoms with van der Waals surface area (Å²) in [6, 6.07) is 0.347. The van der Waals surface area contributed by atoms with Gasteiger partial charge in [0, 0.05) is 0 Å². The summed E-state index contributed by atoms with van der Waals surface area (Å²) >= 11 is 0. The number of carbonyl (C=O) groups excluding carboxylic acids is 1. The van der Waals surface area contributed by atoms with Crippen molar-refractivity contribution in [3.05, 3.63) is 11.9 Å². The zero-order chi connectivity index (χ0) is 14.5. The predicted molar refractivity (Wildman–Crippen MR) is 69.1 cm³/mol. The van der Waals surface area contributed by atoms with E-state index >= 15 is 0 Å². The summed E-state index contributed by atoms with van der Waals surface area (Å²) in [5.74, 6) is -1.45. The molecule has 1 aromatic heterocycles. The van der Waals surface area contributed by atoms with Crippen LogP contribution in [-0.4, -0.2) is 37.5 Å². The lowest BCUT2D eigenvalue weighted by molar-refractivity contribution is -0.154. The van der Waals surface area contributed by atoms with E-state index < -0.39 is 17.4 Å². The van der Waals surface area contributed by atoms with Gasteiger partial charge in [0.05, 0.1) is 12.2 Å². The van der Waals surface area contributed by atoms with Crippen LogP contribution in [-0.2, 0) is 4.79 Å². The molecule has 0 saturated heterocycles. The van der Waals surface area contributed by atoms with E-state index in [-0.39, 0.29) is 11.1 Å². The molecule has 0 aliphatic heterocycles. The summed E-state index contributed by atoms with van der Waals surface area (Å²) in [5.41, 5.74) is -1.04. The monoisotopic (exact) mass is 278 g/mol. The van der Waals surface area contributed by atoms with Gasteiger partial charge in [0.2, 0.25) is 0 Å². The van der Waals surface area contributed by atoms with Crippen molar-refractivity contribution in [3.63, 3.8) is 0 Å². The molecule has 1 amide bonds. The standard InChI is InChI=1S/C13H18N4O3/c1-12(2)6-13(7-12,11(19)20)14-10(18)9-5-17(16-15-9)8-3-4-8/h5,8H,3-4,6-7H2,1-2H3,(H,14,18)(H,19,20). The van der Waals surface area contributed by atoms with Gasteiger partial charge in [-0.2, -0.15) is 0 Å². The Morgan fingerprint density at radius 3 is 2.55 bits per heavy atom. The molecule has 0 atom stereocenters. The number of carboxylic acids is 1. The third-order valence-electron chi connectivity index (χ3n) is 3.99. The topological polar surface area (TPSA) is 97.1 Å². The summed E-state index contributed by atoms with van der Waals surface area (Å²) in [6.07, 6.45) is 4.55. The van der Waals surface area contributed by atoms with Crippen molar-refractivity contribution in [2.45, 2.75) is 51.1 Å². The van der Waals surface area contributed by atoms with Crippen LogP contribution in [0.4, 0.5) is 0 Å². The minimum atomic E-state index is -1.16. The molecule has 0 unspecified atom stereocenters. The Morgan fingerprint density at radius 2 is 2.05 bits per heavy atom. The van der Waals surface area contributed by atoms with E-state index in [9.17, 15) is 14.7 Å². The minimum absolute atomic E-state index is 0.0582. The number of rotatable bonds is 4. The first-order valence-corrected chi connectivity index (χ1v) is 6.79. The highest BCUT2D eigenvalue weighted by molar-refractivity contribution is 5.96. The van der Waals surface area contributed by atoms with Gasteiger partial charge in [0.1, 0.15) is 5.54 Å². The number of aliphatic carboxylic acids is 1. The first-order valence-electron chi connectivity index (χ1n) is 6.79. The van der Waals surface area contributed by atoms with Gasteiger partial charge >= 0.3 is 5.97 Å². The first kappa shape index (κ1) is 13.1. The van der Waals surface area contributed by atoms with Crippen LogP contribution in [0.1, 0.15) is 56.1 Å². The summed E-state index contributed by atoms with van der Waals surface area (Å²) in [4.78, 5) is 23.6. The largest absolute Gasteiger partial charge is 0.480 e. The van der Waals surface area contributed by atoms with E-state index in [4.69, 9.17) is 0 Å². The van der Waals surface area contributed by atoms with Crippen molar-refractivity contribution in [1.82, 2.24) is 20.3 Å². The quantitative estimate of drug-likeness (QED) is 0.856. The van der Waals surface area contributed by atoms with Gasteiger partial charge in [0.25, 0.3) is 5.91 Å². The van der Waals surface area contributed by atoms with Crippen LogP contribution in [0.3, 0.4) is 0 Å². The molecule has 0 radical (unpaired) electrons. The molecule has 2 N–H and O–H groups in total. The van der Waals surface area contributed by atoms with Gasteiger partial charge in [-0.25, -0.2) is 9.48 Å². The fourth-order valence-corrected chi connectivity index (χ4v) is 3.05. The van der Waals surface area contributed by atoms with Crippen LogP contribution >= 0.6 is 0 Å². The Bertz CT molecular complexity index is 566. The van der Waals surface area contributed by atoms with Gasteiger partial charge in [-0.1, -0.05) is 19.1 Å². The van der Waals surface area contributed by atoms with Crippen molar-refractivity contribution < 1.29 is 14.7 Å². The van der Waals surface area contributed by atoms with E-state index in [2.05, 4.69) is 15.6 Å². The molecule has 2 aliphatic carbocycles. The molecule has 1 aromatic rings. The van der Waals surface area contributed by atoms with Gasteiger partial charge in [0.15, 0.2) is 5.69 Å². The van der Waals surface area contributed by atoms with E-state index in [0.717, 1.165) is 12.8 Å². The highest BCUT2D eigenvalue weighted by Crippen LogP contribution is 2.48. The molecule has 2 aliphatic rings. The van der Waals surface area contributed by atoms with Gasteiger partial charge in [-0.15, -0.1) is 5.10 Å². The number of carbonyl (C=O) groups is 2. The maximum absolute atomic E-state index is 12.1. The normalized spacial score (nSPS) is 22.9. The Hall–Kier alpha value is -1.92. The van der Waals surface area contributed by atoms with E-state index in [1.54, 1.807) is 10.9 Å². The lowest BCUT2D eigenvalue weighted by Crippen LogP contribution is -2.65. The lowest BCUT2D eigenvalue weighted by Gasteiger charge is -2.50. The van der Waals surface area contributed by atoms with E-state index in [0.29, 0.717) is 18.9 Å². The average molecular weight is 278 g/mol. The van der Waals surface area contributed by atoms with E-state index in [1.807, 2.05) is 13.8 Å². The van der Waals surface area contributed by atoms with Crippen molar-refractivity contribution in [3.8, 4) is 0 Å². The molecule has 2 saturated carbocycles. The number of amides is 1. The van der Waals surface area contributed by atoms with Crippen molar-refractivity contribution >= 4 is 11.9 Å². The second-order valence-corrected chi connectivity index (χ2v) is 6.67. The SMILES string of the molecule is CC1(C)CC(NC(=O)c2cn(C3CC3)nn2)(C(=O)O)C1. The maximum Gasteiger partial charge on any atom is 0.329 e. The Balaban J connectivity index is 1.72. The number of nitrogens with one attached hydrogen (secondary N) is 1. The van der Waals surface area contributed by atoms with Crippen LogP contribution < -0.4 is 5.32 Å². The predicted octanol–water partition coefficient (Wildman–Crippen LogP) is 0.986. The van der Waals surface area contributed by atoms with Crippen LogP contribution in [0.15, 0.2) is 6.20 Å². The van der Waals surface area contributed by atoms with Crippen LogP contribution in [0.5, 0.6) is 0 Å². The highest BCUT2D eigenvalue weighted by atomic mass is 16.4. The fraction of sp³-hybridized carbons (Fsp3) is 0.692. The zero-order valence-electron chi connectivity index (χ0n) is 11.6. The number of aromatic nitrogens is 3. The Morgan fingerprint density at radius 1 is 1.40 bits per heavy atom. The molecule has 20 heavy (non-hydrogen) atoms. The van der Waals surface area contributed by atoms with Gasteiger partial charge in [-0.3, -0.25) is 4.79 Å². The number of hydrogen-bond donors (Lipinski definition) is 2. The van der Waals surface area contributed by atoms with Crippen molar-refractivity contribution in [1.29, 1.82) is 0 Å². The smallest absolute Gasteiger partial charge is 0.329 e. The Kier molecular flexibility index (Phi) is 2.64. The highest BCUT2D eigenvalue weighted by Gasteiger charge is 2.55. The molecule has 0 spiro atoms. The van der Waals surface area contributed by atoms with Gasteiger partial charge < -0.3 is 10.4 Å². The minimum Gasteiger partial charge on any atom is -0.480 e. The molecule has 1 heterocycles. The third-order valence-corrected chi connectivity index (χ3v) is 3.99. The molecule has 7 heteroatoms. The summed E-state index contributed by atoms with van der Waals surface area (Å²) in [5, 5.41) is 19.7. The van der Waals surface area contributed by atoms with Crippen LogP contribution in [0, 0.1) is 5.41 Å². The first-order chi connectivity index (χ1) is 9.31. The fourth-order valence-electron chi connectivity index (χ4n) is 3.05. The summed E-state index contributed by atoms with van der Waals surface area (Å²) in [6.45, 7) is 3.98. The number of carboxylic acid groups (broad SMARTS) is 1. The third kappa shape index (κ3) is 2.17. The van der Waals surface area contributed by atoms with Crippen molar-refractivity contribution in [2.75, 3.05) is 0 Å². The van der Waals surface area contributed by atoms with Crippen LogP contribution in [0.2, 0.25) is 0 Å². The van der Waals surface area contributed by atoms with Gasteiger partial charge in [-0.05, 0) is 31.1 Å². The second-order valence-electron chi connectivity index (χ2n) is 6.67. The van der Waals surface area contributed by atoms with E-state index in [1.165, 1.54) is 0 Å². The molecular weight excluding hydrogens is 260 g/mol. The average Bonchev–Trinajstić information content (AvgIpc) is 3.04.